The summed E-state index contributed by atoms with van der Waals surface area (Å²) >= 11 is 0. The number of carbonyl (C=O) groups is 1. The lowest BCUT2D eigenvalue weighted by atomic mass is 10.1. The van der Waals surface area contributed by atoms with E-state index in [4.69, 9.17) is 0 Å². The molecule has 1 aromatic rings. The summed E-state index contributed by atoms with van der Waals surface area (Å²) in [5.41, 5.74) is 1.12. The quantitative estimate of drug-likeness (QED) is 0.838. The van der Waals surface area contributed by atoms with Crippen LogP contribution in [0.2, 0.25) is 0 Å². The van der Waals surface area contributed by atoms with Crippen molar-refractivity contribution in [3.8, 4) is 0 Å². The zero-order valence-corrected chi connectivity index (χ0v) is 10.2. The molecule has 4 heteroatoms. The van der Waals surface area contributed by atoms with Gasteiger partial charge in [0.15, 0.2) is 0 Å². The number of nitrogens with zero attached hydrogens (tertiary/aromatic N) is 2. The van der Waals surface area contributed by atoms with Crippen LogP contribution in [-0.4, -0.2) is 42.0 Å². The number of likely N-dealkylation sites (N-methyl/N-ethyl adjacent to an activating group) is 1. The lowest BCUT2D eigenvalue weighted by Crippen LogP contribution is -2.36. The van der Waals surface area contributed by atoms with Gasteiger partial charge in [-0.05, 0) is 38.1 Å². The lowest BCUT2D eigenvalue weighted by molar-refractivity contribution is -0.121. The van der Waals surface area contributed by atoms with Gasteiger partial charge >= 0.3 is 0 Å². The Morgan fingerprint density at radius 1 is 1.65 bits per heavy atom. The Morgan fingerprint density at radius 2 is 2.53 bits per heavy atom. The van der Waals surface area contributed by atoms with Crippen LogP contribution in [0.25, 0.3) is 0 Å². The summed E-state index contributed by atoms with van der Waals surface area (Å²) in [4.78, 5) is 18.0. The van der Waals surface area contributed by atoms with Gasteiger partial charge in [0, 0.05) is 31.4 Å². The molecule has 1 amide bonds. The summed E-state index contributed by atoms with van der Waals surface area (Å²) in [6.07, 6.45) is 5.94. The summed E-state index contributed by atoms with van der Waals surface area (Å²) in [7, 11) is 2.09. The van der Waals surface area contributed by atoms with Crippen LogP contribution in [0.4, 0.5) is 0 Å². The molecule has 1 fully saturated rings. The average Bonchev–Trinajstić information content (AvgIpc) is 2.73. The van der Waals surface area contributed by atoms with Crippen LogP contribution in [0.5, 0.6) is 0 Å². The lowest BCUT2D eigenvalue weighted by Gasteiger charge is -2.12. The van der Waals surface area contributed by atoms with Crippen molar-refractivity contribution in [1.82, 2.24) is 15.2 Å². The Labute approximate surface area is 102 Å². The molecule has 0 bridgehead atoms. The van der Waals surface area contributed by atoms with Gasteiger partial charge in [-0.2, -0.15) is 0 Å². The molecule has 0 saturated carbocycles. The first kappa shape index (κ1) is 12.0. The predicted molar refractivity (Wildman–Crippen MR) is 66.6 cm³/mol. The van der Waals surface area contributed by atoms with Crippen molar-refractivity contribution in [2.75, 3.05) is 20.1 Å². The summed E-state index contributed by atoms with van der Waals surface area (Å²) in [6, 6.07) is 4.24. The largest absolute Gasteiger partial charge is 0.352 e. The SMILES string of the molecule is CN1CC[C@@H](NC(=O)CCc2cccnc2)C1. The Morgan fingerprint density at radius 3 is 3.18 bits per heavy atom. The summed E-state index contributed by atoms with van der Waals surface area (Å²) in [6.45, 7) is 2.05. The molecule has 0 spiro atoms. The molecule has 1 aromatic heterocycles. The van der Waals surface area contributed by atoms with Crippen molar-refractivity contribution in [1.29, 1.82) is 0 Å². The standard InChI is InChI=1S/C13H19N3O/c1-16-8-6-12(10-16)15-13(17)5-4-11-3-2-7-14-9-11/h2-3,7,9,12H,4-6,8,10H2,1H3,(H,15,17)/t12-/m1/s1. The average molecular weight is 233 g/mol. The van der Waals surface area contributed by atoms with E-state index >= 15 is 0 Å². The third-order valence-corrected chi connectivity index (χ3v) is 3.12. The van der Waals surface area contributed by atoms with Gasteiger partial charge in [0.1, 0.15) is 0 Å². The van der Waals surface area contributed by atoms with Crippen LogP contribution < -0.4 is 5.32 Å². The van der Waals surface area contributed by atoms with E-state index in [9.17, 15) is 4.79 Å². The number of rotatable bonds is 4. The highest BCUT2D eigenvalue weighted by Gasteiger charge is 2.20. The number of likely N-dealkylation sites (tertiary alicyclic amines) is 1. The summed E-state index contributed by atoms with van der Waals surface area (Å²) in [5, 5.41) is 3.08. The first-order valence-corrected chi connectivity index (χ1v) is 6.11. The number of amides is 1. The molecule has 2 heterocycles. The van der Waals surface area contributed by atoms with E-state index < -0.39 is 0 Å². The van der Waals surface area contributed by atoms with Gasteiger partial charge in [0.25, 0.3) is 0 Å². The van der Waals surface area contributed by atoms with E-state index in [2.05, 4.69) is 22.2 Å². The van der Waals surface area contributed by atoms with Gasteiger partial charge in [-0.1, -0.05) is 6.07 Å². The molecule has 92 valence electrons. The number of aromatic nitrogens is 1. The van der Waals surface area contributed by atoms with Crippen molar-refractivity contribution >= 4 is 5.91 Å². The van der Waals surface area contributed by atoms with Crippen molar-refractivity contribution in [3.63, 3.8) is 0 Å². The maximum Gasteiger partial charge on any atom is 0.220 e. The number of nitrogens with one attached hydrogen (secondary N) is 1. The minimum Gasteiger partial charge on any atom is -0.352 e. The molecule has 17 heavy (non-hydrogen) atoms. The minimum atomic E-state index is 0.147. The van der Waals surface area contributed by atoms with Crippen molar-refractivity contribution in [2.24, 2.45) is 0 Å². The van der Waals surface area contributed by atoms with E-state index in [0.29, 0.717) is 12.5 Å². The van der Waals surface area contributed by atoms with Gasteiger partial charge in [0.2, 0.25) is 5.91 Å². The van der Waals surface area contributed by atoms with Crippen molar-refractivity contribution < 1.29 is 4.79 Å². The molecule has 0 aliphatic carbocycles. The van der Waals surface area contributed by atoms with Crippen LogP contribution in [0.3, 0.4) is 0 Å². The van der Waals surface area contributed by atoms with Crippen molar-refractivity contribution in [3.05, 3.63) is 30.1 Å². The van der Waals surface area contributed by atoms with E-state index in [1.54, 1.807) is 6.20 Å². The van der Waals surface area contributed by atoms with E-state index in [1.807, 2.05) is 18.3 Å². The molecule has 1 N–H and O–H groups in total. The normalized spacial score (nSPS) is 20.4. The maximum absolute atomic E-state index is 11.7. The molecule has 1 aliphatic rings. The molecule has 0 aromatic carbocycles. The predicted octanol–water partition coefficient (Wildman–Crippen LogP) is 0.834. The Bertz CT molecular complexity index is 366. The highest BCUT2D eigenvalue weighted by Crippen LogP contribution is 2.07. The van der Waals surface area contributed by atoms with E-state index in [-0.39, 0.29) is 5.91 Å². The smallest absolute Gasteiger partial charge is 0.220 e. The zero-order chi connectivity index (χ0) is 12.1. The second-order valence-corrected chi connectivity index (χ2v) is 4.68. The Balaban J connectivity index is 1.71. The molecule has 1 saturated heterocycles. The fourth-order valence-corrected chi connectivity index (χ4v) is 2.16. The molecule has 0 radical (unpaired) electrons. The molecular weight excluding hydrogens is 214 g/mol. The number of carbonyl (C=O) groups excluding carboxylic acids is 1. The first-order chi connectivity index (χ1) is 8.24. The van der Waals surface area contributed by atoms with Gasteiger partial charge < -0.3 is 10.2 Å². The van der Waals surface area contributed by atoms with Crippen LogP contribution in [0, 0.1) is 0 Å². The molecule has 0 unspecified atom stereocenters. The maximum atomic E-state index is 11.7. The molecule has 1 aliphatic heterocycles. The summed E-state index contributed by atoms with van der Waals surface area (Å²) in [5.74, 6) is 0.147. The van der Waals surface area contributed by atoms with Crippen molar-refractivity contribution in [2.45, 2.75) is 25.3 Å². The van der Waals surface area contributed by atoms with Gasteiger partial charge in [0.05, 0.1) is 0 Å². The fourth-order valence-electron chi connectivity index (χ4n) is 2.16. The highest BCUT2D eigenvalue weighted by atomic mass is 16.1. The van der Waals surface area contributed by atoms with Gasteiger partial charge in [-0.25, -0.2) is 0 Å². The minimum absolute atomic E-state index is 0.147. The number of hydrogen-bond donors (Lipinski definition) is 1. The number of aryl methyl sites for hydroxylation is 1. The van der Waals surface area contributed by atoms with E-state index in [1.165, 1.54) is 0 Å². The Hall–Kier alpha value is -1.42. The van der Waals surface area contributed by atoms with Crippen LogP contribution in [0.15, 0.2) is 24.5 Å². The third kappa shape index (κ3) is 3.82. The molecular formula is C13H19N3O. The topological polar surface area (TPSA) is 45.2 Å². The third-order valence-electron chi connectivity index (χ3n) is 3.12. The van der Waals surface area contributed by atoms with Crippen LogP contribution >= 0.6 is 0 Å². The molecule has 1 atom stereocenters. The Kier molecular flexibility index (Phi) is 4.09. The number of hydrogen-bond acceptors (Lipinski definition) is 3. The van der Waals surface area contributed by atoms with Gasteiger partial charge in [-0.3, -0.25) is 9.78 Å². The van der Waals surface area contributed by atoms with Crippen LogP contribution in [-0.2, 0) is 11.2 Å². The monoisotopic (exact) mass is 233 g/mol. The second-order valence-electron chi connectivity index (χ2n) is 4.68. The zero-order valence-electron chi connectivity index (χ0n) is 10.2. The van der Waals surface area contributed by atoms with E-state index in [0.717, 1.165) is 31.5 Å². The van der Waals surface area contributed by atoms with Crippen LogP contribution in [0.1, 0.15) is 18.4 Å². The first-order valence-electron chi connectivity index (χ1n) is 6.11. The molecule has 4 nitrogen and oxygen atoms in total. The number of pyridine rings is 1. The molecule has 2 rings (SSSR count). The fraction of sp³-hybridized carbons (Fsp3) is 0.538. The highest BCUT2D eigenvalue weighted by molar-refractivity contribution is 5.76. The van der Waals surface area contributed by atoms with Gasteiger partial charge in [-0.15, -0.1) is 0 Å². The second kappa shape index (κ2) is 5.77. The summed E-state index contributed by atoms with van der Waals surface area (Å²) < 4.78 is 0.